The number of aromatic hydroxyl groups is 1. The van der Waals surface area contributed by atoms with E-state index in [2.05, 4.69) is 9.91 Å². The Labute approximate surface area is 156 Å². The average Bonchev–Trinajstić information content (AvgIpc) is 2.90. The Morgan fingerprint density at radius 1 is 1.04 bits per heavy atom. The van der Waals surface area contributed by atoms with Gasteiger partial charge < -0.3 is 23.9 Å². The molecule has 3 aromatic rings. The Kier molecular flexibility index (Phi) is 5.04. The molecule has 3 rings (SSSR count). The lowest BCUT2D eigenvalue weighted by Gasteiger charge is -2.11. The van der Waals surface area contributed by atoms with Crippen molar-refractivity contribution in [2.75, 3.05) is 14.2 Å². The normalized spacial score (nSPS) is 11.5. The van der Waals surface area contributed by atoms with Gasteiger partial charge in [-0.3, -0.25) is 0 Å². The summed E-state index contributed by atoms with van der Waals surface area (Å²) in [6.45, 7) is 0.0882. The molecule has 0 spiro atoms. The summed E-state index contributed by atoms with van der Waals surface area (Å²) >= 11 is 0. The molecule has 0 unspecified atom stereocenters. The molecule has 1 aromatic heterocycles. The lowest BCUT2D eigenvalue weighted by atomic mass is 10.2. The van der Waals surface area contributed by atoms with Crippen LogP contribution in [0.1, 0.15) is 5.56 Å². The lowest BCUT2D eigenvalue weighted by molar-refractivity contribution is -0.274. The fraction of sp³-hybridized carbons (Fsp3) is 0.222. The highest BCUT2D eigenvalue weighted by atomic mass is 19.4. The first-order valence-corrected chi connectivity index (χ1v) is 7.92. The van der Waals surface area contributed by atoms with Gasteiger partial charge in [0.05, 0.1) is 26.3 Å². The highest BCUT2D eigenvalue weighted by molar-refractivity contribution is 5.96. The Morgan fingerprint density at radius 2 is 1.68 bits per heavy atom. The summed E-state index contributed by atoms with van der Waals surface area (Å²) in [5.41, 5.74) is 0.595. The van der Waals surface area contributed by atoms with Crippen LogP contribution in [0.5, 0.6) is 23.1 Å². The van der Waals surface area contributed by atoms with Crippen LogP contribution in [0.2, 0.25) is 0 Å². The molecule has 0 aliphatic rings. The van der Waals surface area contributed by atoms with Crippen molar-refractivity contribution in [2.24, 2.45) is 5.18 Å². The standard InChI is InChI=1S/C18H15F3N2O5/c1-26-12-5-10(6-13(7-12)27-2)9-23-15-4-3-11(28-18(19,20)21)8-14(15)16(22-25)17(23)24/h3-8,24H,9H2,1-2H3. The van der Waals surface area contributed by atoms with Crippen molar-refractivity contribution < 1.29 is 32.5 Å². The maximum absolute atomic E-state index is 12.5. The van der Waals surface area contributed by atoms with Crippen molar-refractivity contribution in [3.63, 3.8) is 0 Å². The molecule has 0 bridgehead atoms. The molecule has 0 saturated carbocycles. The van der Waals surface area contributed by atoms with Crippen molar-refractivity contribution in [3.05, 3.63) is 46.9 Å². The molecule has 0 aliphatic carbocycles. The van der Waals surface area contributed by atoms with Crippen LogP contribution in [0, 0.1) is 4.91 Å². The smallest absolute Gasteiger partial charge is 0.497 e. The third-order valence-electron chi connectivity index (χ3n) is 4.06. The molecule has 10 heteroatoms. The zero-order chi connectivity index (χ0) is 20.5. The predicted molar refractivity (Wildman–Crippen MR) is 94.4 cm³/mol. The number of ether oxygens (including phenoxy) is 3. The maximum Gasteiger partial charge on any atom is 0.573 e. The Bertz CT molecular complexity index is 1010. The van der Waals surface area contributed by atoms with Crippen LogP contribution < -0.4 is 14.2 Å². The molecular formula is C18H15F3N2O5. The fourth-order valence-corrected chi connectivity index (χ4v) is 2.89. The molecule has 0 atom stereocenters. The van der Waals surface area contributed by atoms with Gasteiger partial charge in [-0.25, -0.2) is 0 Å². The third kappa shape index (κ3) is 3.80. The molecule has 0 radical (unpaired) electrons. The minimum Gasteiger partial charge on any atom is -0.497 e. The number of methoxy groups -OCH3 is 2. The summed E-state index contributed by atoms with van der Waals surface area (Å²) in [5, 5.41) is 13.2. The highest BCUT2D eigenvalue weighted by Crippen LogP contribution is 2.41. The number of nitroso groups, excluding NO2 is 1. The van der Waals surface area contributed by atoms with Gasteiger partial charge in [0.1, 0.15) is 17.2 Å². The monoisotopic (exact) mass is 396 g/mol. The van der Waals surface area contributed by atoms with Gasteiger partial charge >= 0.3 is 6.36 Å². The molecular weight excluding hydrogens is 381 g/mol. The fourth-order valence-electron chi connectivity index (χ4n) is 2.89. The largest absolute Gasteiger partial charge is 0.573 e. The van der Waals surface area contributed by atoms with Crippen LogP contribution in [0.3, 0.4) is 0 Å². The number of benzene rings is 2. The number of hydrogen-bond acceptors (Lipinski definition) is 6. The second-order valence-corrected chi connectivity index (χ2v) is 5.80. The van der Waals surface area contributed by atoms with E-state index in [4.69, 9.17) is 9.47 Å². The third-order valence-corrected chi connectivity index (χ3v) is 4.06. The van der Waals surface area contributed by atoms with Gasteiger partial charge in [-0.05, 0) is 41.1 Å². The van der Waals surface area contributed by atoms with Gasteiger partial charge in [0.25, 0.3) is 0 Å². The van der Waals surface area contributed by atoms with E-state index in [-0.39, 0.29) is 17.6 Å². The number of aromatic nitrogens is 1. The summed E-state index contributed by atoms with van der Waals surface area (Å²) in [7, 11) is 2.97. The first kappa shape index (κ1) is 19.3. The van der Waals surface area contributed by atoms with Crippen molar-refractivity contribution in [2.45, 2.75) is 12.9 Å². The van der Waals surface area contributed by atoms with Crippen molar-refractivity contribution in [1.29, 1.82) is 0 Å². The van der Waals surface area contributed by atoms with E-state index in [9.17, 15) is 23.2 Å². The van der Waals surface area contributed by atoms with Gasteiger partial charge in [-0.1, -0.05) is 0 Å². The molecule has 0 amide bonds. The molecule has 1 heterocycles. The van der Waals surface area contributed by atoms with Gasteiger partial charge in [0.15, 0.2) is 5.69 Å². The summed E-state index contributed by atoms with van der Waals surface area (Å²) in [6.07, 6.45) is -4.88. The quantitative estimate of drug-likeness (QED) is 0.611. The second-order valence-electron chi connectivity index (χ2n) is 5.80. The van der Waals surface area contributed by atoms with Crippen LogP contribution >= 0.6 is 0 Å². The second kappa shape index (κ2) is 7.29. The van der Waals surface area contributed by atoms with Gasteiger partial charge in [0, 0.05) is 11.5 Å². The van der Waals surface area contributed by atoms with Crippen LogP contribution in [0.4, 0.5) is 18.9 Å². The lowest BCUT2D eigenvalue weighted by Crippen LogP contribution is -2.17. The van der Waals surface area contributed by atoms with Crippen LogP contribution in [-0.4, -0.2) is 30.3 Å². The summed E-state index contributed by atoms with van der Waals surface area (Å²) in [5.74, 6) is 0.0286. The predicted octanol–water partition coefficient (Wildman–Crippen LogP) is 4.71. The molecule has 0 saturated heterocycles. The van der Waals surface area contributed by atoms with E-state index >= 15 is 0 Å². The number of hydrogen-bond donors (Lipinski definition) is 1. The van der Waals surface area contributed by atoms with E-state index in [1.54, 1.807) is 18.2 Å². The molecule has 0 fully saturated rings. The number of fused-ring (bicyclic) bond motifs is 1. The van der Waals surface area contributed by atoms with Crippen LogP contribution in [0.15, 0.2) is 41.6 Å². The number of rotatable bonds is 6. The first-order valence-electron chi connectivity index (χ1n) is 7.92. The van der Waals surface area contributed by atoms with E-state index in [0.717, 1.165) is 12.1 Å². The SMILES string of the molecule is COc1cc(Cn2c(O)c(N=O)c3cc(OC(F)(F)F)ccc32)cc(OC)c1. The summed E-state index contributed by atoms with van der Waals surface area (Å²) in [6, 6.07) is 8.46. The number of halogens is 3. The van der Waals surface area contributed by atoms with Crippen LogP contribution in [-0.2, 0) is 6.54 Å². The number of alkyl halides is 3. The Balaban J connectivity index is 2.09. The maximum atomic E-state index is 12.5. The van der Waals surface area contributed by atoms with Crippen molar-refractivity contribution in [3.8, 4) is 23.1 Å². The first-order chi connectivity index (χ1) is 13.3. The minimum atomic E-state index is -4.88. The Morgan fingerprint density at radius 3 is 2.21 bits per heavy atom. The van der Waals surface area contributed by atoms with E-state index in [1.165, 1.54) is 24.9 Å². The van der Waals surface area contributed by atoms with E-state index < -0.39 is 18.0 Å². The summed E-state index contributed by atoms with van der Waals surface area (Å²) < 4.78 is 53.0. The Hall–Kier alpha value is -3.43. The van der Waals surface area contributed by atoms with Gasteiger partial charge in [0.2, 0.25) is 5.88 Å². The molecule has 7 nitrogen and oxygen atoms in total. The molecule has 1 N–H and O–H groups in total. The highest BCUT2D eigenvalue weighted by Gasteiger charge is 2.31. The molecule has 2 aromatic carbocycles. The molecule has 0 aliphatic heterocycles. The average molecular weight is 396 g/mol. The van der Waals surface area contributed by atoms with Crippen molar-refractivity contribution in [1.82, 2.24) is 4.57 Å². The zero-order valence-electron chi connectivity index (χ0n) is 14.8. The minimum absolute atomic E-state index is 0.0316. The zero-order valence-corrected chi connectivity index (χ0v) is 14.8. The van der Waals surface area contributed by atoms with Gasteiger partial charge in [-0.15, -0.1) is 18.1 Å². The summed E-state index contributed by atoms with van der Waals surface area (Å²) in [4.78, 5) is 11.2. The van der Waals surface area contributed by atoms with Crippen LogP contribution in [0.25, 0.3) is 10.9 Å². The molecule has 28 heavy (non-hydrogen) atoms. The van der Waals surface area contributed by atoms with E-state index in [1.807, 2.05) is 0 Å². The van der Waals surface area contributed by atoms with Gasteiger partial charge in [-0.2, -0.15) is 0 Å². The topological polar surface area (TPSA) is 82.3 Å². The van der Waals surface area contributed by atoms with Crippen molar-refractivity contribution >= 4 is 16.6 Å². The molecule has 148 valence electrons. The number of nitrogens with zero attached hydrogens (tertiary/aromatic N) is 2. The van der Waals surface area contributed by atoms with E-state index in [0.29, 0.717) is 22.6 Å².